The number of nitrogens with one attached hydrogen (secondary N) is 1. The first kappa shape index (κ1) is 16.2. The van der Waals surface area contributed by atoms with Crippen molar-refractivity contribution in [2.75, 3.05) is 5.32 Å². The highest BCUT2D eigenvalue weighted by Gasteiger charge is 2.28. The Kier molecular flexibility index (Phi) is 3.68. The van der Waals surface area contributed by atoms with E-state index in [0.717, 1.165) is 6.07 Å². The molecule has 0 radical (unpaired) electrons. The van der Waals surface area contributed by atoms with Crippen molar-refractivity contribution in [3.05, 3.63) is 57.9 Å². The molecule has 0 bridgehead atoms. The maximum Gasteiger partial charge on any atom is 0.267 e. The Morgan fingerprint density at radius 1 is 1.35 bits per heavy atom. The van der Waals surface area contributed by atoms with Gasteiger partial charge in [-0.05, 0) is 43.5 Å². The van der Waals surface area contributed by atoms with Gasteiger partial charge >= 0.3 is 0 Å². The lowest BCUT2D eigenvalue weighted by atomic mass is 9.95. The molecule has 0 unspecified atom stereocenters. The summed E-state index contributed by atoms with van der Waals surface area (Å²) in [5.41, 5.74) is 0.0442. The van der Waals surface area contributed by atoms with E-state index in [1.54, 1.807) is 6.07 Å². The van der Waals surface area contributed by atoms with E-state index < -0.39 is 28.6 Å². The Morgan fingerprint density at radius 2 is 2.08 bits per heavy atom. The van der Waals surface area contributed by atoms with Gasteiger partial charge in [-0.15, -0.1) is 0 Å². The van der Waals surface area contributed by atoms with Gasteiger partial charge in [-0.1, -0.05) is 0 Å². The van der Waals surface area contributed by atoms with Crippen LogP contribution in [0.25, 0.3) is 10.9 Å². The van der Waals surface area contributed by atoms with Crippen molar-refractivity contribution >= 4 is 22.8 Å². The van der Waals surface area contributed by atoms with Crippen molar-refractivity contribution in [3.8, 4) is 5.75 Å². The fourth-order valence-electron chi connectivity index (χ4n) is 3.42. The van der Waals surface area contributed by atoms with E-state index in [1.807, 2.05) is 6.92 Å². The molecular formula is C18H15FN4O3. The average molecular weight is 354 g/mol. The van der Waals surface area contributed by atoms with Crippen molar-refractivity contribution in [2.45, 2.75) is 25.8 Å². The molecule has 4 rings (SSSR count). The van der Waals surface area contributed by atoms with E-state index in [1.165, 1.54) is 23.0 Å². The Morgan fingerprint density at radius 3 is 2.81 bits per heavy atom. The zero-order valence-corrected chi connectivity index (χ0v) is 13.9. The van der Waals surface area contributed by atoms with Crippen molar-refractivity contribution in [3.63, 3.8) is 0 Å². The molecule has 0 saturated heterocycles. The van der Waals surface area contributed by atoms with Gasteiger partial charge in [0.25, 0.3) is 11.5 Å². The molecule has 1 atom stereocenters. The second-order valence-electron chi connectivity index (χ2n) is 6.27. The van der Waals surface area contributed by atoms with E-state index in [0.29, 0.717) is 23.9 Å². The van der Waals surface area contributed by atoms with Crippen LogP contribution in [-0.4, -0.2) is 25.5 Å². The number of rotatable bonds is 2. The lowest BCUT2D eigenvalue weighted by Gasteiger charge is -2.26. The number of pyridine rings is 1. The van der Waals surface area contributed by atoms with E-state index >= 15 is 0 Å². The Bertz CT molecular complexity index is 1100. The number of hydrogen-bond acceptors (Lipinski definition) is 5. The van der Waals surface area contributed by atoms with Gasteiger partial charge in [0, 0.05) is 23.8 Å². The van der Waals surface area contributed by atoms with Gasteiger partial charge in [-0.2, -0.15) is 0 Å². The third-order valence-corrected chi connectivity index (χ3v) is 4.61. The third-order valence-electron chi connectivity index (χ3n) is 4.61. The van der Waals surface area contributed by atoms with Crippen molar-refractivity contribution < 1.29 is 14.3 Å². The molecule has 0 aliphatic carbocycles. The fourth-order valence-corrected chi connectivity index (χ4v) is 3.42. The number of halogens is 1. The number of carbonyl (C=O) groups excluding carboxylic acids is 1. The zero-order valence-electron chi connectivity index (χ0n) is 13.9. The summed E-state index contributed by atoms with van der Waals surface area (Å²) >= 11 is 0. The molecule has 3 aromatic rings. The van der Waals surface area contributed by atoms with Crippen molar-refractivity contribution in [1.29, 1.82) is 0 Å². The summed E-state index contributed by atoms with van der Waals surface area (Å²) in [5.74, 6) is -1.90. The number of amides is 1. The monoisotopic (exact) mass is 354 g/mol. The molecule has 1 aromatic carbocycles. The zero-order chi connectivity index (χ0) is 18.4. The first-order valence-electron chi connectivity index (χ1n) is 8.15. The van der Waals surface area contributed by atoms with Gasteiger partial charge in [-0.25, -0.2) is 14.4 Å². The number of aromatic nitrogens is 3. The minimum absolute atomic E-state index is 0.00280. The molecule has 1 amide bonds. The quantitative estimate of drug-likeness (QED) is 0.736. The van der Waals surface area contributed by atoms with Crippen molar-refractivity contribution in [2.24, 2.45) is 0 Å². The predicted octanol–water partition coefficient (Wildman–Crippen LogP) is 2.40. The lowest BCUT2D eigenvalue weighted by Crippen LogP contribution is -2.33. The second kappa shape index (κ2) is 5.91. The second-order valence-corrected chi connectivity index (χ2v) is 6.27. The maximum absolute atomic E-state index is 14.0. The van der Waals surface area contributed by atoms with Crippen LogP contribution in [-0.2, 0) is 6.42 Å². The summed E-state index contributed by atoms with van der Waals surface area (Å²) in [6, 6.07) is 3.90. The molecule has 2 N–H and O–H groups in total. The van der Waals surface area contributed by atoms with E-state index in [9.17, 15) is 19.1 Å². The van der Waals surface area contributed by atoms with E-state index in [-0.39, 0.29) is 17.4 Å². The molecule has 7 nitrogen and oxygen atoms in total. The van der Waals surface area contributed by atoms with E-state index in [4.69, 9.17) is 0 Å². The Balaban J connectivity index is 1.96. The highest BCUT2D eigenvalue weighted by atomic mass is 19.1. The number of anilines is 1. The van der Waals surface area contributed by atoms with E-state index in [2.05, 4.69) is 15.3 Å². The van der Waals surface area contributed by atoms with Gasteiger partial charge in [0.1, 0.15) is 17.1 Å². The number of hydrogen-bond donors (Lipinski definition) is 2. The predicted molar refractivity (Wildman–Crippen MR) is 92.8 cm³/mol. The highest BCUT2D eigenvalue weighted by Crippen LogP contribution is 2.35. The third kappa shape index (κ3) is 2.42. The molecule has 2 aromatic heterocycles. The lowest BCUT2D eigenvalue weighted by molar-refractivity contribution is 0.102. The van der Waals surface area contributed by atoms with Gasteiger partial charge in [-0.3, -0.25) is 14.9 Å². The van der Waals surface area contributed by atoms with Crippen LogP contribution in [0, 0.1) is 5.82 Å². The SMILES string of the molecule is C[C@@H]1CCc2cc(F)cc3c(O)c(C(=O)Nc4ncccn4)c(=O)n1c23. The number of aromatic hydroxyl groups is 1. The van der Waals surface area contributed by atoms with Crippen LogP contribution in [0.3, 0.4) is 0 Å². The van der Waals surface area contributed by atoms with Crippen LogP contribution in [0.2, 0.25) is 0 Å². The number of benzene rings is 1. The summed E-state index contributed by atoms with van der Waals surface area (Å²) in [4.78, 5) is 33.3. The molecular weight excluding hydrogens is 339 g/mol. The first-order chi connectivity index (χ1) is 12.5. The molecule has 0 spiro atoms. The molecule has 8 heteroatoms. The first-order valence-corrected chi connectivity index (χ1v) is 8.15. The van der Waals surface area contributed by atoms with Crippen LogP contribution >= 0.6 is 0 Å². The minimum Gasteiger partial charge on any atom is -0.506 e. The normalized spacial score (nSPS) is 15.8. The van der Waals surface area contributed by atoms with Crippen LogP contribution in [0.15, 0.2) is 35.4 Å². The van der Waals surface area contributed by atoms with Gasteiger partial charge in [0.05, 0.1) is 5.52 Å². The molecule has 0 saturated carbocycles. The van der Waals surface area contributed by atoms with Crippen LogP contribution in [0.4, 0.5) is 10.3 Å². The molecule has 3 heterocycles. The number of carbonyl (C=O) groups is 1. The molecule has 1 aliphatic rings. The fraction of sp³-hybridized carbons (Fsp3) is 0.222. The Labute approximate surface area is 147 Å². The molecule has 0 fully saturated rings. The standard InChI is InChI=1S/C18H15FN4O3/c1-9-3-4-10-7-11(19)8-12-14(10)23(9)17(26)13(15(12)24)16(25)22-18-20-5-2-6-21-18/h2,5-9,24H,3-4H2,1H3,(H,20,21,22,25)/t9-/m1/s1. The average Bonchev–Trinajstić information content (AvgIpc) is 2.61. The molecule has 26 heavy (non-hydrogen) atoms. The minimum atomic E-state index is -0.840. The van der Waals surface area contributed by atoms with Crippen LogP contribution in [0.1, 0.15) is 35.3 Å². The smallest absolute Gasteiger partial charge is 0.267 e. The van der Waals surface area contributed by atoms with Crippen molar-refractivity contribution in [1.82, 2.24) is 14.5 Å². The number of nitrogens with zero attached hydrogens (tertiary/aromatic N) is 3. The summed E-state index contributed by atoms with van der Waals surface area (Å²) in [5, 5.41) is 13.1. The summed E-state index contributed by atoms with van der Waals surface area (Å²) < 4.78 is 15.4. The topological polar surface area (TPSA) is 97.1 Å². The Hall–Kier alpha value is -3.29. The van der Waals surface area contributed by atoms with Crippen LogP contribution in [0.5, 0.6) is 5.75 Å². The largest absolute Gasteiger partial charge is 0.506 e. The van der Waals surface area contributed by atoms with Gasteiger partial charge in [0.2, 0.25) is 5.95 Å². The van der Waals surface area contributed by atoms with Crippen LogP contribution < -0.4 is 10.9 Å². The maximum atomic E-state index is 14.0. The molecule has 132 valence electrons. The summed E-state index contributed by atoms with van der Waals surface area (Å²) in [7, 11) is 0. The van der Waals surface area contributed by atoms with Gasteiger partial charge < -0.3 is 9.67 Å². The highest BCUT2D eigenvalue weighted by molar-refractivity contribution is 6.08. The number of aryl methyl sites for hydroxylation is 1. The summed E-state index contributed by atoms with van der Waals surface area (Å²) in [6.45, 7) is 1.85. The van der Waals surface area contributed by atoms with Gasteiger partial charge in [0.15, 0.2) is 0 Å². The molecule has 1 aliphatic heterocycles. The summed E-state index contributed by atoms with van der Waals surface area (Å²) in [6.07, 6.45) is 4.10.